The lowest BCUT2D eigenvalue weighted by atomic mass is 9.97. The molecule has 1 aliphatic heterocycles. The Bertz CT molecular complexity index is 1540. The second-order valence-corrected chi connectivity index (χ2v) is 8.42. The summed E-state index contributed by atoms with van der Waals surface area (Å²) >= 11 is 0. The number of aryl methyl sites for hydroxylation is 1. The van der Waals surface area contributed by atoms with Crippen molar-refractivity contribution in [1.82, 2.24) is 24.8 Å². The van der Waals surface area contributed by atoms with E-state index in [1.165, 1.54) is 0 Å². The number of hydrogen-bond acceptors (Lipinski definition) is 6. The van der Waals surface area contributed by atoms with Crippen molar-refractivity contribution in [3.63, 3.8) is 0 Å². The van der Waals surface area contributed by atoms with Crippen molar-refractivity contribution < 1.29 is 9.90 Å². The highest BCUT2D eigenvalue weighted by molar-refractivity contribution is 5.96. The Morgan fingerprint density at radius 2 is 1.91 bits per heavy atom. The van der Waals surface area contributed by atoms with Crippen LogP contribution < -0.4 is 4.90 Å². The van der Waals surface area contributed by atoms with E-state index in [1.54, 1.807) is 15.6 Å². The number of β-amino-alcohol motifs (C(OH)–C–C–N with tert-alkyl or cyclic N) is 1. The van der Waals surface area contributed by atoms with E-state index in [1.807, 2.05) is 36.4 Å². The Morgan fingerprint density at radius 1 is 0.971 bits per heavy atom. The third-order valence-corrected chi connectivity index (χ3v) is 6.26. The number of anilines is 1. The Balaban J connectivity index is 1.34. The second-order valence-electron chi connectivity index (χ2n) is 8.42. The highest BCUT2D eigenvalue weighted by atomic mass is 16.3. The molecule has 0 fully saturated rings. The number of carbonyl (C=O) groups is 1. The smallest absolute Gasteiger partial charge is 0.227 e. The summed E-state index contributed by atoms with van der Waals surface area (Å²) in [7, 11) is 0. The van der Waals surface area contributed by atoms with Crippen molar-refractivity contribution in [2.75, 3.05) is 18.1 Å². The van der Waals surface area contributed by atoms with Crippen LogP contribution in [0.2, 0.25) is 0 Å². The number of carbonyl (C=O) groups excluding carboxylic acids is 1. The summed E-state index contributed by atoms with van der Waals surface area (Å²) in [5.41, 5.74) is 6.50. The quantitative estimate of drug-likeness (QED) is 0.442. The molecule has 0 atom stereocenters. The lowest BCUT2D eigenvalue weighted by molar-refractivity contribution is -0.119. The highest BCUT2D eigenvalue weighted by Gasteiger charge is 2.24. The molecule has 1 amide bonds. The van der Waals surface area contributed by atoms with Gasteiger partial charge in [-0.15, -0.1) is 10.2 Å². The summed E-state index contributed by atoms with van der Waals surface area (Å²) in [6, 6.07) is 20.0. The van der Waals surface area contributed by atoms with Crippen molar-refractivity contribution in [3.05, 3.63) is 83.8 Å². The van der Waals surface area contributed by atoms with Crippen LogP contribution in [-0.4, -0.2) is 49.0 Å². The fourth-order valence-corrected chi connectivity index (χ4v) is 4.58. The van der Waals surface area contributed by atoms with Crippen LogP contribution in [0.15, 0.2) is 66.9 Å². The first kappa shape index (κ1) is 20.4. The van der Waals surface area contributed by atoms with Gasteiger partial charge in [-0.1, -0.05) is 18.2 Å². The van der Waals surface area contributed by atoms with E-state index in [0.29, 0.717) is 31.5 Å². The average Bonchev–Trinajstić information content (AvgIpc) is 3.27. The third-order valence-electron chi connectivity index (χ3n) is 6.26. The number of amides is 1. The SMILES string of the molecule is O=C1CCc2cc(-c3ccc4nnc(Cc5ccc6ncccc6c5)n4n3)ccc2N1CCO. The Labute approximate surface area is 195 Å². The van der Waals surface area contributed by atoms with Gasteiger partial charge in [0.2, 0.25) is 5.91 Å². The van der Waals surface area contributed by atoms with E-state index < -0.39 is 0 Å². The number of benzene rings is 2. The molecule has 1 N–H and O–H groups in total. The van der Waals surface area contributed by atoms with Crippen LogP contribution in [0.1, 0.15) is 23.4 Å². The summed E-state index contributed by atoms with van der Waals surface area (Å²) in [6.45, 7) is 0.250. The lowest BCUT2D eigenvalue weighted by Crippen LogP contribution is -2.37. The third kappa shape index (κ3) is 3.58. The molecule has 0 unspecified atom stereocenters. The molecular formula is C26H22N6O2. The van der Waals surface area contributed by atoms with Gasteiger partial charge in [-0.2, -0.15) is 9.61 Å². The highest BCUT2D eigenvalue weighted by Crippen LogP contribution is 2.31. The first-order valence-corrected chi connectivity index (χ1v) is 11.3. The summed E-state index contributed by atoms with van der Waals surface area (Å²) < 4.78 is 1.80. The van der Waals surface area contributed by atoms with Gasteiger partial charge in [-0.25, -0.2) is 0 Å². The van der Waals surface area contributed by atoms with E-state index in [2.05, 4.69) is 39.4 Å². The molecule has 0 saturated heterocycles. The molecule has 0 aliphatic carbocycles. The van der Waals surface area contributed by atoms with E-state index in [4.69, 9.17) is 5.10 Å². The lowest BCUT2D eigenvalue weighted by Gasteiger charge is -2.29. The normalized spacial score (nSPS) is 13.6. The van der Waals surface area contributed by atoms with Crippen LogP contribution in [0.3, 0.4) is 0 Å². The van der Waals surface area contributed by atoms with Gasteiger partial charge < -0.3 is 10.0 Å². The maximum atomic E-state index is 12.3. The molecule has 3 aromatic heterocycles. The minimum Gasteiger partial charge on any atom is -0.395 e. The summed E-state index contributed by atoms with van der Waals surface area (Å²) in [6.07, 6.45) is 3.52. The number of aromatic nitrogens is 5. The van der Waals surface area contributed by atoms with E-state index in [9.17, 15) is 9.90 Å². The number of nitrogens with zero attached hydrogens (tertiary/aromatic N) is 6. The number of hydrogen-bond donors (Lipinski definition) is 1. The van der Waals surface area contributed by atoms with Crippen molar-refractivity contribution in [1.29, 1.82) is 0 Å². The molecule has 34 heavy (non-hydrogen) atoms. The molecule has 1 aliphatic rings. The second kappa shape index (κ2) is 8.31. The zero-order chi connectivity index (χ0) is 23.1. The van der Waals surface area contributed by atoms with Crippen molar-refractivity contribution in [2.24, 2.45) is 0 Å². The molecule has 0 bridgehead atoms. The van der Waals surface area contributed by atoms with E-state index in [-0.39, 0.29) is 12.5 Å². The van der Waals surface area contributed by atoms with Crippen LogP contribution in [-0.2, 0) is 17.6 Å². The topological polar surface area (TPSA) is 96.5 Å². The fraction of sp³-hybridized carbons (Fsp3) is 0.192. The molecule has 5 aromatic rings. The van der Waals surface area contributed by atoms with Gasteiger partial charge in [0.25, 0.3) is 0 Å². The molecule has 8 heteroatoms. The fourth-order valence-electron chi connectivity index (χ4n) is 4.58. The minimum absolute atomic E-state index is 0.0486. The van der Waals surface area contributed by atoms with Crippen molar-refractivity contribution >= 4 is 28.1 Å². The first-order valence-electron chi connectivity index (χ1n) is 11.3. The van der Waals surface area contributed by atoms with Gasteiger partial charge in [0.15, 0.2) is 11.5 Å². The number of aliphatic hydroxyl groups excluding tert-OH is 1. The predicted octanol–water partition coefficient (Wildman–Crippen LogP) is 3.20. The maximum Gasteiger partial charge on any atom is 0.227 e. The predicted molar refractivity (Wildman–Crippen MR) is 129 cm³/mol. The molecule has 8 nitrogen and oxygen atoms in total. The Morgan fingerprint density at radius 3 is 2.82 bits per heavy atom. The molecule has 0 radical (unpaired) electrons. The van der Waals surface area contributed by atoms with Crippen LogP contribution in [0.25, 0.3) is 27.8 Å². The van der Waals surface area contributed by atoms with Crippen LogP contribution in [0.5, 0.6) is 0 Å². The molecule has 6 rings (SSSR count). The molecule has 4 heterocycles. The molecule has 168 valence electrons. The number of aliphatic hydroxyl groups is 1. The van der Waals surface area contributed by atoms with Crippen LogP contribution >= 0.6 is 0 Å². The minimum atomic E-state index is -0.0602. The van der Waals surface area contributed by atoms with E-state index in [0.717, 1.165) is 44.8 Å². The Kier molecular flexibility index (Phi) is 5.00. The van der Waals surface area contributed by atoms with Gasteiger partial charge in [0.05, 0.1) is 17.8 Å². The number of pyridine rings is 1. The number of rotatable bonds is 5. The summed E-state index contributed by atoms with van der Waals surface area (Å²) in [5.74, 6) is 0.810. The zero-order valence-corrected chi connectivity index (χ0v) is 18.4. The molecule has 2 aromatic carbocycles. The van der Waals surface area contributed by atoms with Crippen molar-refractivity contribution in [3.8, 4) is 11.3 Å². The van der Waals surface area contributed by atoms with E-state index >= 15 is 0 Å². The standard InChI is InChI=1S/C26H22N6O2/c33-13-12-31-23-8-4-19(16-20(23)5-10-26(31)34)22-7-9-24-28-29-25(32(24)30-22)15-17-3-6-21-18(14-17)2-1-11-27-21/h1-4,6-9,11,14,16,33H,5,10,12-13,15H2. The monoisotopic (exact) mass is 450 g/mol. The first-order chi connectivity index (χ1) is 16.7. The van der Waals surface area contributed by atoms with Gasteiger partial charge in [-0.05, 0) is 60.0 Å². The van der Waals surface area contributed by atoms with Gasteiger partial charge in [0.1, 0.15) is 0 Å². The zero-order valence-electron chi connectivity index (χ0n) is 18.4. The molecule has 0 saturated carbocycles. The van der Waals surface area contributed by atoms with Gasteiger partial charge in [-0.3, -0.25) is 9.78 Å². The summed E-state index contributed by atoms with van der Waals surface area (Å²) in [4.78, 5) is 18.3. The van der Waals surface area contributed by atoms with Crippen LogP contribution in [0, 0.1) is 0 Å². The van der Waals surface area contributed by atoms with Crippen molar-refractivity contribution in [2.45, 2.75) is 19.3 Å². The van der Waals surface area contributed by atoms with Gasteiger partial charge in [0, 0.05) is 42.2 Å². The maximum absolute atomic E-state index is 12.3. The molecular weight excluding hydrogens is 428 g/mol. The van der Waals surface area contributed by atoms with Gasteiger partial charge >= 0.3 is 0 Å². The largest absolute Gasteiger partial charge is 0.395 e. The average molecular weight is 451 g/mol. The number of fused-ring (bicyclic) bond motifs is 3. The Hall–Kier alpha value is -4.17. The summed E-state index contributed by atoms with van der Waals surface area (Å²) in [5, 5.41) is 23.9. The molecule has 0 spiro atoms. The van der Waals surface area contributed by atoms with Crippen LogP contribution in [0.4, 0.5) is 5.69 Å².